The fourth-order valence-electron chi connectivity index (χ4n) is 0.666. The highest BCUT2D eigenvalue weighted by Gasteiger charge is 2.05. The van der Waals surface area contributed by atoms with Crippen molar-refractivity contribution in [1.29, 1.82) is 0 Å². The van der Waals surface area contributed by atoms with Crippen LogP contribution in [0.25, 0.3) is 0 Å². The van der Waals surface area contributed by atoms with Gasteiger partial charge in [-0.25, -0.2) is 9.97 Å². The molecule has 0 aromatic carbocycles. The second-order valence-electron chi connectivity index (χ2n) is 1.80. The first-order valence-electron chi connectivity index (χ1n) is 2.89. The average molecular weight is 169 g/mol. The smallest absolute Gasteiger partial charge is 0.156 e. The van der Waals surface area contributed by atoms with Gasteiger partial charge in [-0.15, -0.1) is 11.8 Å². The first kappa shape index (κ1) is 8.00. The Kier molecular flexibility index (Phi) is 2.43. The molecule has 0 aliphatic rings. The molecule has 0 bridgehead atoms. The molecule has 2 N–H and O–H groups in total. The fourth-order valence-corrected chi connectivity index (χ4v) is 1.19. The fraction of sp³-hybridized carbons (Fsp3) is 0.167. The van der Waals surface area contributed by atoms with Gasteiger partial charge in [0.05, 0.1) is 5.56 Å². The number of carbonyl (C=O) groups is 1. The van der Waals surface area contributed by atoms with E-state index in [0.717, 1.165) is 0 Å². The zero-order valence-corrected chi connectivity index (χ0v) is 6.76. The zero-order chi connectivity index (χ0) is 8.27. The number of thioether (sulfide) groups is 1. The van der Waals surface area contributed by atoms with Crippen molar-refractivity contribution >= 4 is 23.9 Å². The van der Waals surface area contributed by atoms with Gasteiger partial charge in [0.25, 0.3) is 0 Å². The summed E-state index contributed by atoms with van der Waals surface area (Å²) in [7, 11) is 0. The molecule has 0 aliphatic carbocycles. The van der Waals surface area contributed by atoms with Crippen molar-refractivity contribution in [3.8, 4) is 0 Å². The van der Waals surface area contributed by atoms with E-state index in [4.69, 9.17) is 5.73 Å². The average Bonchev–Trinajstić information content (AvgIpc) is 2.04. The van der Waals surface area contributed by atoms with Crippen LogP contribution in [0.4, 0.5) is 5.82 Å². The van der Waals surface area contributed by atoms with Crippen LogP contribution >= 0.6 is 11.8 Å². The van der Waals surface area contributed by atoms with E-state index in [1.165, 1.54) is 18.1 Å². The Balaban J connectivity index is 3.24. The highest BCUT2D eigenvalue weighted by Crippen LogP contribution is 2.18. The number of hydrogen-bond donors (Lipinski definition) is 1. The maximum absolute atomic E-state index is 10.4. The van der Waals surface area contributed by atoms with Crippen molar-refractivity contribution in [2.75, 3.05) is 12.0 Å². The predicted octanol–water partition coefficient (Wildman–Crippen LogP) is 0.593. The van der Waals surface area contributed by atoms with Gasteiger partial charge in [-0.1, -0.05) is 0 Å². The van der Waals surface area contributed by atoms with E-state index in [1.54, 1.807) is 0 Å². The van der Waals surface area contributed by atoms with Crippen molar-refractivity contribution in [2.45, 2.75) is 5.03 Å². The summed E-state index contributed by atoms with van der Waals surface area (Å²) >= 11 is 1.37. The number of nitrogens with two attached hydrogens (primary N) is 1. The van der Waals surface area contributed by atoms with Crippen molar-refractivity contribution in [3.05, 3.63) is 11.9 Å². The van der Waals surface area contributed by atoms with Crippen LogP contribution in [-0.4, -0.2) is 22.5 Å². The van der Waals surface area contributed by atoms with Crippen LogP contribution in [-0.2, 0) is 0 Å². The van der Waals surface area contributed by atoms with Crippen LogP contribution < -0.4 is 5.73 Å². The molecule has 1 heterocycles. The highest BCUT2D eigenvalue weighted by atomic mass is 32.2. The number of nitrogen functional groups attached to an aromatic ring is 1. The van der Waals surface area contributed by atoms with Crippen molar-refractivity contribution in [3.63, 3.8) is 0 Å². The lowest BCUT2D eigenvalue weighted by molar-refractivity contribution is 0.112. The Morgan fingerprint density at radius 1 is 1.64 bits per heavy atom. The van der Waals surface area contributed by atoms with Crippen molar-refractivity contribution in [1.82, 2.24) is 9.97 Å². The topological polar surface area (TPSA) is 68.9 Å². The van der Waals surface area contributed by atoms with E-state index >= 15 is 0 Å². The molecule has 11 heavy (non-hydrogen) atoms. The Hall–Kier alpha value is -1.10. The third-order valence-corrected chi connectivity index (χ3v) is 1.90. The summed E-state index contributed by atoms with van der Waals surface area (Å²) in [5.41, 5.74) is 5.79. The summed E-state index contributed by atoms with van der Waals surface area (Å²) < 4.78 is 0. The van der Waals surface area contributed by atoms with Gasteiger partial charge in [-0.05, 0) is 6.26 Å². The predicted molar refractivity (Wildman–Crippen MR) is 43.6 cm³/mol. The number of nitrogens with zero attached hydrogens (tertiary/aromatic N) is 2. The molecule has 0 amide bonds. The molecular formula is C6H7N3OS. The third kappa shape index (κ3) is 1.48. The zero-order valence-electron chi connectivity index (χ0n) is 5.94. The number of aromatic nitrogens is 2. The number of rotatable bonds is 2. The Bertz CT molecular complexity index is 277. The SMILES string of the molecule is CSc1ncnc(N)c1C=O. The van der Waals surface area contributed by atoms with E-state index in [9.17, 15) is 4.79 Å². The standard InChI is InChI=1S/C6H7N3OS/c1-11-6-4(2-10)5(7)8-3-9-6/h2-3H,1H3,(H2,7,8,9). The van der Waals surface area contributed by atoms with Crippen LogP contribution in [0.1, 0.15) is 10.4 Å². The van der Waals surface area contributed by atoms with Crippen LogP contribution in [0.3, 0.4) is 0 Å². The Morgan fingerprint density at radius 3 is 2.82 bits per heavy atom. The molecule has 0 atom stereocenters. The summed E-state index contributed by atoms with van der Waals surface area (Å²) in [5, 5.41) is 0.618. The second kappa shape index (κ2) is 3.34. The van der Waals surface area contributed by atoms with Gasteiger partial charge >= 0.3 is 0 Å². The molecule has 58 valence electrons. The molecule has 0 aliphatic heterocycles. The quantitative estimate of drug-likeness (QED) is 0.398. The minimum absolute atomic E-state index is 0.236. The number of anilines is 1. The maximum Gasteiger partial charge on any atom is 0.156 e. The first-order chi connectivity index (χ1) is 5.29. The molecule has 0 spiro atoms. The van der Waals surface area contributed by atoms with Gasteiger partial charge < -0.3 is 5.73 Å². The molecule has 0 saturated carbocycles. The third-order valence-electron chi connectivity index (χ3n) is 1.19. The summed E-state index contributed by atoms with van der Waals surface area (Å²) in [6.45, 7) is 0. The molecule has 0 saturated heterocycles. The lowest BCUT2D eigenvalue weighted by Gasteiger charge is -2.00. The van der Waals surface area contributed by atoms with E-state index in [1.807, 2.05) is 6.26 Å². The molecule has 5 heteroatoms. The van der Waals surface area contributed by atoms with Crippen LogP contribution in [0.15, 0.2) is 11.4 Å². The van der Waals surface area contributed by atoms with E-state index < -0.39 is 0 Å². The molecule has 0 unspecified atom stereocenters. The van der Waals surface area contributed by atoms with Gasteiger partial charge in [0, 0.05) is 0 Å². The Morgan fingerprint density at radius 2 is 2.36 bits per heavy atom. The van der Waals surface area contributed by atoms with Crippen LogP contribution in [0, 0.1) is 0 Å². The number of aldehydes is 1. The normalized spacial score (nSPS) is 9.55. The lowest BCUT2D eigenvalue weighted by atomic mass is 10.3. The monoisotopic (exact) mass is 169 g/mol. The van der Waals surface area contributed by atoms with E-state index in [-0.39, 0.29) is 5.82 Å². The molecule has 1 rings (SSSR count). The van der Waals surface area contributed by atoms with Gasteiger partial charge in [-0.2, -0.15) is 0 Å². The van der Waals surface area contributed by atoms with Gasteiger partial charge in [-0.3, -0.25) is 4.79 Å². The molecular weight excluding hydrogens is 162 g/mol. The van der Waals surface area contributed by atoms with E-state index in [0.29, 0.717) is 16.9 Å². The van der Waals surface area contributed by atoms with E-state index in [2.05, 4.69) is 9.97 Å². The minimum Gasteiger partial charge on any atom is -0.383 e. The summed E-state index contributed by atoms with van der Waals surface area (Å²) in [6.07, 6.45) is 3.84. The van der Waals surface area contributed by atoms with Crippen LogP contribution in [0.5, 0.6) is 0 Å². The number of hydrogen-bond acceptors (Lipinski definition) is 5. The van der Waals surface area contributed by atoms with Crippen molar-refractivity contribution in [2.24, 2.45) is 0 Å². The number of carbonyl (C=O) groups excluding carboxylic acids is 1. The molecule has 1 aromatic rings. The lowest BCUT2D eigenvalue weighted by Crippen LogP contribution is -1.99. The summed E-state index contributed by atoms with van der Waals surface area (Å²) in [5.74, 6) is 0.236. The van der Waals surface area contributed by atoms with Crippen molar-refractivity contribution < 1.29 is 4.79 Å². The molecule has 0 radical (unpaired) electrons. The highest BCUT2D eigenvalue weighted by molar-refractivity contribution is 7.98. The first-order valence-corrected chi connectivity index (χ1v) is 4.11. The summed E-state index contributed by atoms with van der Waals surface area (Å²) in [4.78, 5) is 18.0. The van der Waals surface area contributed by atoms with Gasteiger partial charge in [0.15, 0.2) is 6.29 Å². The molecule has 4 nitrogen and oxygen atoms in total. The van der Waals surface area contributed by atoms with Crippen LogP contribution in [0.2, 0.25) is 0 Å². The van der Waals surface area contributed by atoms with Gasteiger partial charge in [0.1, 0.15) is 17.2 Å². The summed E-state index contributed by atoms with van der Waals surface area (Å²) in [6, 6.07) is 0. The minimum atomic E-state index is 0.236. The molecule has 0 fully saturated rings. The van der Waals surface area contributed by atoms with Gasteiger partial charge in [0.2, 0.25) is 0 Å². The maximum atomic E-state index is 10.4. The Labute approximate surface area is 68.2 Å². The second-order valence-corrected chi connectivity index (χ2v) is 2.59. The largest absolute Gasteiger partial charge is 0.383 e. The molecule has 1 aromatic heterocycles.